The lowest BCUT2D eigenvalue weighted by atomic mass is 9.91. The molecule has 0 bridgehead atoms. The van der Waals surface area contributed by atoms with E-state index in [0.29, 0.717) is 18.1 Å². The van der Waals surface area contributed by atoms with Gasteiger partial charge in [-0.3, -0.25) is 4.68 Å². The van der Waals surface area contributed by atoms with Gasteiger partial charge in [-0.25, -0.2) is 0 Å². The summed E-state index contributed by atoms with van der Waals surface area (Å²) in [4.78, 5) is 0. The quantitative estimate of drug-likeness (QED) is 0.907. The molecule has 3 rings (SSSR count). The van der Waals surface area contributed by atoms with Gasteiger partial charge in [0.1, 0.15) is 0 Å². The highest BCUT2D eigenvalue weighted by Crippen LogP contribution is 2.29. The van der Waals surface area contributed by atoms with Gasteiger partial charge in [-0.2, -0.15) is 5.10 Å². The number of nitrogens with zero attached hydrogens (tertiary/aromatic N) is 2. The molecule has 19 heavy (non-hydrogen) atoms. The summed E-state index contributed by atoms with van der Waals surface area (Å²) in [6, 6.07) is 2.93. The Morgan fingerprint density at radius 1 is 1.42 bits per heavy atom. The predicted molar refractivity (Wildman–Crippen MR) is 74.9 cm³/mol. The molecule has 106 valence electrons. The van der Waals surface area contributed by atoms with Crippen molar-refractivity contribution in [3.05, 3.63) is 18.0 Å². The first-order valence-electron chi connectivity index (χ1n) is 7.65. The highest BCUT2D eigenvalue weighted by atomic mass is 16.5. The van der Waals surface area contributed by atoms with Crippen molar-refractivity contribution in [1.29, 1.82) is 0 Å². The first-order valence-corrected chi connectivity index (χ1v) is 7.65. The molecule has 4 heteroatoms. The van der Waals surface area contributed by atoms with Crippen molar-refractivity contribution >= 4 is 0 Å². The standard InChI is InChI=1S/C15H25N3O/c1-11-14(7-9-19-11)15(16)10-12-6-8-18(17-12)13-4-2-3-5-13/h6,8,11,13-15H,2-5,7,9-10,16H2,1H3. The second-order valence-electron chi connectivity index (χ2n) is 6.12. The Morgan fingerprint density at radius 3 is 2.89 bits per heavy atom. The van der Waals surface area contributed by atoms with Gasteiger partial charge in [0.15, 0.2) is 0 Å². The van der Waals surface area contributed by atoms with Crippen LogP contribution < -0.4 is 5.73 Å². The summed E-state index contributed by atoms with van der Waals surface area (Å²) < 4.78 is 7.76. The summed E-state index contributed by atoms with van der Waals surface area (Å²) in [6.45, 7) is 2.99. The lowest BCUT2D eigenvalue weighted by Gasteiger charge is -2.21. The fourth-order valence-electron chi connectivity index (χ4n) is 3.56. The van der Waals surface area contributed by atoms with Crippen molar-refractivity contribution < 1.29 is 4.74 Å². The van der Waals surface area contributed by atoms with Gasteiger partial charge in [0.2, 0.25) is 0 Å². The number of rotatable bonds is 4. The maximum absolute atomic E-state index is 6.33. The Kier molecular flexibility index (Phi) is 3.89. The summed E-state index contributed by atoms with van der Waals surface area (Å²) in [5.74, 6) is 0.483. The zero-order valence-electron chi connectivity index (χ0n) is 11.8. The second-order valence-corrected chi connectivity index (χ2v) is 6.12. The summed E-state index contributed by atoms with van der Waals surface area (Å²) in [7, 11) is 0. The number of hydrogen-bond acceptors (Lipinski definition) is 3. The molecular formula is C15H25N3O. The zero-order valence-corrected chi connectivity index (χ0v) is 11.8. The van der Waals surface area contributed by atoms with Crippen LogP contribution in [0.5, 0.6) is 0 Å². The van der Waals surface area contributed by atoms with Crippen LogP contribution in [0, 0.1) is 5.92 Å². The molecule has 0 amide bonds. The summed E-state index contributed by atoms with van der Waals surface area (Å²) in [5, 5.41) is 4.72. The lowest BCUT2D eigenvalue weighted by Crippen LogP contribution is -2.36. The van der Waals surface area contributed by atoms with E-state index < -0.39 is 0 Å². The largest absolute Gasteiger partial charge is 0.378 e. The average molecular weight is 263 g/mol. The Labute approximate surface area is 115 Å². The van der Waals surface area contributed by atoms with Crippen LogP contribution in [0.25, 0.3) is 0 Å². The Hall–Kier alpha value is -0.870. The van der Waals surface area contributed by atoms with Crippen molar-refractivity contribution in [1.82, 2.24) is 9.78 Å². The van der Waals surface area contributed by atoms with E-state index in [1.54, 1.807) is 0 Å². The maximum Gasteiger partial charge on any atom is 0.0640 e. The summed E-state index contributed by atoms with van der Waals surface area (Å²) in [6.07, 6.45) is 9.64. The molecule has 1 saturated carbocycles. The minimum atomic E-state index is 0.171. The zero-order chi connectivity index (χ0) is 13.2. The number of ether oxygens (including phenoxy) is 1. The molecule has 3 atom stereocenters. The molecule has 0 aromatic carbocycles. The smallest absolute Gasteiger partial charge is 0.0640 e. The third-order valence-corrected chi connectivity index (χ3v) is 4.79. The van der Waals surface area contributed by atoms with Gasteiger partial charge >= 0.3 is 0 Å². The molecule has 2 N–H and O–H groups in total. The molecule has 2 fully saturated rings. The molecule has 3 unspecified atom stereocenters. The number of hydrogen-bond donors (Lipinski definition) is 1. The van der Waals surface area contributed by atoms with Crippen LogP contribution in [-0.2, 0) is 11.2 Å². The van der Waals surface area contributed by atoms with Crippen LogP contribution in [-0.4, -0.2) is 28.5 Å². The van der Waals surface area contributed by atoms with Crippen LogP contribution in [0.1, 0.15) is 50.8 Å². The lowest BCUT2D eigenvalue weighted by molar-refractivity contribution is 0.0994. The minimum Gasteiger partial charge on any atom is -0.378 e. The average Bonchev–Trinajstić information content (AvgIpc) is 3.07. The van der Waals surface area contributed by atoms with Crippen molar-refractivity contribution in [3.8, 4) is 0 Å². The van der Waals surface area contributed by atoms with Crippen LogP contribution >= 0.6 is 0 Å². The van der Waals surface area contributed by atoms with Crippen LogP contribution in [0.3, 0.4) is 0 Å². The van der Waals surface area contributed by atoms with E-state index in [0.717, 1.165) is 25.1 Å². The van der Waals surface area contributed by atoms with E-state index in [4.69, 9.17) is 15.6 Å². The van der Waals surface area contributed by atoms with Crippen LogP contribution in [0.15, 0.2) is 12.3 Å². The first-order chi connectivity index (χ1) is 9.24. The fourth-order valence-corrected chi connectivity index (χ4v) is 3.56. The van der Waals surface area contributed by atoms with E-state index in [1.807, 2.05) is 0 Å². The van der Waals surface area contributed by atoms with E-state index in [-0.39, 0.29) is 6.04 Å². The van der Waals surface area contributed by atoms with Crippen molar-refractivity contribution in [3.63, 3.8) is 0 Å². The second kappa shape index (κ2) is 5.63. The number of aromatic nitrogens is 2. The molecule has 2 heterocycles. The molecule has 0 spiro atoms. The van der Waals surface area contributed by atoms with Gasteiger partial charge < -0.3 is 10.5 Å². The van der Waals surface area contributed by atoms with Crippen molar-refractivity contribution in [2.75, 3.05) is 6.61 Å². The molecule has 1 aromatic heterocycles. The van der Waals surface area contributed by atoms with Crippen LogP contribution in [0.4, 0.5) is 0 Å². The molecule has 1 aliphatic heterocycles. The highest BCUT2D eigenvalue weighted by Gasteiger charge is 2.30. The summed E-state index contributed by atoms with van der Waals surface area (Å²) >= 11 is 0. The number of nitrogens with two attached hydrogens (primary N) is 1. The topological polar surface area (TPSA) is 53.1 Å². The Bertz CT molecular complexity index is 411. The molecule has 1 aliphatic carbocycles. The van der Waals surface area contributed by atoms with E-state index in [9.17, 15) is 0 Å². The highest BCUT2D eigenvalue weighted by molar-refractivity contribution is 5.04. The van der Waals surface area contributed by atoms with E-state index >= 15 is 0 Å². The van der Waals surface area contributed by atoms with Crippen molar-refractivity contribution in [2.24, 2.45) is 11.7 Å². The van der Waals surface area contributed by atoms with E-state index in [2.05, 4.69) is 23.9 Å². The minimum absolute atomic E-state index is 0.171. The summed E-state index contributed by atoms with van der Waals surface area (Å²) in [5.41, 5.74) is 7.47. The van der Waals surface area contributed by atoms with E-state index in [1.165, 1.54) is 25.7 Å². The molecule has 1 aromatic rings. The first kappa shape index (κ1) is 13.1. The monoisotopic (exact) mass is 263 g/mol. The van der Waals surface area contributed by atoms with Gasteiger partial charge in [0.05, 0.1) is 17.8 Å². The maximum atomic E-state index is 6.33. The predicted octanol–water partition coefficient (Wildman–Crippen LogP) is 2.29. The molecule has 2 aliphatic rings. The van der Waals surface area contributed by atoms with Crippen LogP contribution in [0.2, 0.25) is 0 Å². The molecule has 0 radical (unpaired) electrons. The van der Waals surface area contributed by atoms with Crippen molar-refractivity contribution in [2.45, 2.75) is 63.6 Å². The molecular weight excluding hydrogens is 238 g/mol. The third-order valence-electron chi connectivity index (χ3n) is 4.79. The molecule has 1 saturated heterocycles. The van der Waals surface area contributed by atoms with Gasteiger partial charge in [0, 0.05) is 31.2 Å². The normalized spacial score (nSPS) is 30.0. The Morgan fingerprint density at radius 2 is 2.21 bits per heavy atom. The van der Waals surface area contributed by atoms with Gasteiger partial charge in [-0.1, -0.05) is 12.8 Å². The SMILES string of the molecule is CC1OCCC1C(N)Cc1ccn(C2CCCC2)n1. The Balaban J connectivity index is 1.60. The van der Waals surface area contributed by atoms with Gasteiger partial charge in [-0.05, 0) is 32.3 Å². The van der Waals surface area contributed by atoms with Gasteiger partial charge in [0.25, 0.3) is 0 Å². The molecule has 4 nitrogen and oxygen atoms in total. The fraction of sp³-hybridized carbons (Fsp3) is 0.800. The third kappa shape index (κ3) is 2.84. The van der Waals surface area contributed by atoms with Gasteiger partial charge in [-0.15, -0.1) is 0 Å².